The number of carbonyl (C=O) groups excluding carboxylic acids is 2. The third-order valence-corrected chi connectivity index (χ3v) is 3.95. The Balaban J connectivity index is 1.68. The number of hydrogen-bond donors (Lipinski definition) is 2. The van der Waals surface area contributed by atoms with Crippen molar-refractivity contribution in [1.29, 1.82) is 0 Å². The molecule has 2 heterocycles. The quantitative estimate of drug-likeness (QED) is 0.883. The predicted octanol–water partition coefficient (Wildman–Crippen LogP) is 1.28. The van der Waals surface area contributed by atoms with Crippen molar-refractivity contribution in [2.75, 3.05) is 11.9 Å². The molecule has 0 aliphatic carbocycles. The number of benzene rings is 1. The van der Waals surface area contributed by atoms with Gasteiger partial charge in [0.2, 0.25) is 11.8 Å². The minimum atomic E-state index is -0.692. The molecule has 0 unspecified atom stereocenters. The standard InChI is InChI=1S/C16H18FN5O2/c1-9-19-10(2)22(21-9)6-5-18-16(24)13-8-15(23)20-14-4-3-11(17)7-12(13)14/h3-4,7,13H,5-6,8H2,1-2H3,(H,18,24)(H,20,23)/t13-/m0/s1. The van der Waals surface area contributed by atoms with Crippen molar-refractivity contribution < 1.29 is 14.0 Å². The van der Waals surface area contributed by atoms with Gasteiger partial charge in [-0.3, -0.25) is 9.59 Å². The second-order valence-electron chi connectivity index (χ2n) is 5.76. The molecule has 0 fully saturated rings. The van der Waals surface area contributed by atoms with Crippen LogP contribution in [0.15, 0.2) is 18.2 Å². The van der Waals surface area contributed by atoms with Crippen molar-refractivity contribution in [1.82, 2.24) is 20.1 Å². The van der Waals surface area contributed by atoms with E-state index in [1.54, 1.807) is 11.6 Å². The highest BCUT2D eigenvalue weighted by atomic mass is 19.1. The Labute approximate surface area is 138 Å². The zero-order chi connectivity index (χ0) is 17.3. The van der Waals surface area contributed by atoms with Gasteiger partial charge in [0.1, 0.15) is 17.5 Å². The third-order valence-electron chi connectivity index (χ3n) is 3.95. The SMILES string of the molecule is Cc1nc(C)n(CCNC(=O)[C@H]2CC(=O)Nc3ccc(F)cc32)n1. The maximum absolute atomic E-state index is 13.5. The first-order valence-corrected chi connectivity index (χ1v) is 7.69. The van der Waals surface area contributed by atoms with Crippen molar-refractivity contribution in [2.45, 2.75) is 32.7 Å². The molecule has 3 rings (SSSR count). The molecular weight excluding hydrogens is 313 g/mol. The topological polar surface area (TPSA) is 88.9 Å². The molecule has 8 heteroatoms. The van der Waals surface area contributed by atoms with E-state index in [1.165, 1.54) is 18.2 Å². The lowest BCUT2D eigenvalue weighted by molar-refractivity contribution is -0.126. The first-order chi connectivity index (χ1) is 11.4. The maximum Gasteiger partial charge on any atom is 0.228 e. The van der Waals surface area contributed by atoms with E-state index in [0.717, 1.165) is 5.82 Å². The molecular formula is C16H18FN5O2. The van der Waals surface area contributed by atoms with Crippen molar-refractivity contribution in [3.63, 3.8) is 0 Å². The number of halogens is 1. The number of amides is 2. The third kappa shape index (κ3) is 3.27. The van der Waals surface area contributed by atoms with Crippen LogP contribution in [0.4, 0.5) is 10.1 Å². The van der Waals surface area contributed by atoms with E-state index in [2.05, 4.69) is 20.7 Å². The van der Waals surface area contributed by atoms with Crippen molar-refractivity contribution in [2.24, 2.45) is 0 Å². The number of fused-ring (bicyclic) bond motifs is 1. The zero-order valence-corrected chi connectivity index (χ0v) is 13.5. The van der Waals surface area contributed by atoms with Crippen LogP contribution < -0.4 is 10.6 Å². The van der Waals surface area contributed by atoms with E-state index in [9.17, 15) is 14.0 Å². The van der Waals surface area contributed by atoms with Crippen LogP contribution in [0.3, 0.4) is 0 Å². The summed E-state index contributed by atoms with van der Waals surface area (Å²) in [5, 5.41) is 9.66. The molecule has 1 aliphatic rings. The van der Waals surface area contributed by atoms with E-state index < -0.39 is 11.7 Å². The van der Waals surface area contributed by atoms with Gasteiger partial charge in [0, 0.05) is 18.7 Å². The number of carbonyl (C=O) groups is 2. The number of rotatable bonds is 4. The maximum atomic E-state index is 13.5. The molecule has 126 valence electrons. The number of aromatic nitrogens is 3. The minimum Gasteiger partial charge on any atom is -0.354 e. The Hall–Kier alpha value is -2.77. The van der Waals surface area contributed by atoms with Crippen LogP contribution >= 0.6 is 0 Å². The van der Waals surface area contributed by atoms with Gasteiger partial charge >= 0.3 is 0 Å². The lowest BCUT2D eigenvalue weighted by Gasteiger charge is -2.24. The molecule has 1 atom stereocenters. The molecule has 0 saturated heterocycles. The van der Waals surface area contributed by atoms with Gasteiger partial charge in [-0.25, -0.2) is 14.1 Å². The monoisotopic (exact) mass is 331 g/mol. The summed E-state index contributed by atoms with van der Waals surface area (Å²) in [6.07, 6.45) is 0.00372. The van der Waals surface area contributed by atoms with Crippen LogP contribution in [0.2, 0.25) is 0 Å². The van der Waals surface area contributed by atoms with E-state index in [4.69, 9.17) is 0 Å². The smallest absolute Gasteiger partial charge is 0.228 e. The largest absolute Gasteiger partial charge is 0.354 e. The first-order valence-electron chi connectivity index (χ1n) is 7.69. The van der Waals surface area contributed by atoms with Crippen LogP contribution in [0.25, 0.3) is 0 Å². The fourth-order valence-electron chi connectivity index (χ4n) is 2.85. The number of nitrogens with one attached hydrogen (secondary N) is 2. The first kappa shape index (κ1) is 16.1. The van der Waals surface area contributed by atoms with Crippen molar-refractivity contribution >= 4 is 17.5 Å². The Morgan fingerprint density at radius 2 is 2.25 bits per heavy atom. The van der Waals surface area contributed by atoms with Crippen LogP contribution in [0.5, 0.6) is 0 Å². The lowest BCUT2D eigenvalue weighted by Crippen LogP contribution is -2.36. The lowest BCUT2D eigenvalue weighted by atomic mass is 9.89. The highest BCUT2D eigenvalue weighted by Crippen LogP contribution is 2.32. The molecule has 2 N–H and O–H groups in total. The number of hydrogen-bond acceptors (Lipinski definition) is 4. The summed E-state index contributed by atoms with van der Waals surface area (Å²) in [5.74, 6) is -0.235. The molecule has 1 aromatic carbocycles. The molecule has 0 bridgehead atoms. The summed E-state index contributed by atoms with van der Waals surface area (Å²) in [4.78, 5) is 28.4. The summed E-state index contributed by atoms with van der Waals surface area (Å²) >= 11 is 0. The zero-order valence-electron chi connectivity index (χ0n) is 13.5. The number of nitrogens with zero attached hydrogens (tertiary/aromatic N) is 3. The van der Waals surface area contributed by atoms with E-state index in [0.29, 0.717) is 30.2 Å². The molecule has 0 radical (unpaired) electrons. The summed E-state index contributed by atoms with van der Waals surface area (Å²) in [6.45, 7) is 4.47. The van der Waals surface area contributed by atoms with Gasteiger partial charge in [0.15, 0.2) is 0 Å². The summed E-state index contributed by atoms with van der Waals surface area (Å²) in [7, 11) is 0. The molecule has 0 spiro atoms. The Morgan fingerprint density at radius 3 is 2.96 bits per heavy atom. The van der Waals surface area contributed by atoms with Gasteiger partial charge in [0.05, 0.1) is 12.5 Å². The predicted molar refractivity (Wildman–Crippen MR) is 84.9 cm³/mol. The molecule has 1 aromatic heterocycles. The van der Waals surface area contributed by atoms with Crippen LogP contribution in [0.1, 0.15) is 29.6 Å². The summed E-state index contributed by atoms with van der Waals surface area (Å²) in [6, 6.07) is 4.03. The Bertz CT molecular complexity index is 802. The van der Waals surface area contributed by atoms with Gasteiger partial charge in [-0.1, -0.05) is 0 Å². The van der Waals surface area contributed by atoms with Crippen LogP contribution in [-0.2, 0) is 16.1 Å². The average molecular weight is 331 g/mol. The Morgan fingerprint density at radius 1 is 1.46 bits per heavy atom. The van der Waals surface area contributed by atoms with E-state index >= 15 is 0 Å². The van der Waals surface area contributed by atoms with Gasteiger partial charge in [-0.05, 0) is 37.6 Å². The molecule has 2 amide bonds. The average Bonchev–Trinajstić information content (AvgIpc) is 2.84. The summed E-state index contributed by atoms with van der Waals surface area (Å²) in [5.41, 5.74) is 0.982. The molecule has 1 aliphatic heterocycles. The van der Waals surface area contributed by atoms with Gasteiger partial charge in [0.25, 0.3) is 0 Å². The molecule has 0 saturated carbocycles. The Kier molecular flexibility index (Phi) is 4.28. The number of anilines is 1. The molecule has 2 aromatic rings. The molecule has 24 heavy (non-hydrogen) atoms. The van der Waals surface area contributed by atoms with Gasteiger partial charge in [-0.2, -0.15) is 5.10 Å². The number of aryl methyl sites for hydroxylation is 2. The van der Waals surface area contributed by atoms with Crippen molar-refractivity contribution in [3.8, 4) is 0 Å². The van der Waals surface area contributed by atoms with E-state index in [1.807, 2.05) is 6.92 Å². The minimum absolute atomic E-state index is 0.00372. The normalized spacial score (nSPS) is 16.5. The fraction of sp³-hybridized carbons (Fsp3) is 0.375. The van der Waals surface area contributed by atoms with Gasteiger partial charge < -0.3 is 10.6 Å². The van der Waals surface area contributed by atoms with Crippen LogP contribution in [-0.4, -0.2) is 33.1 Å². The van der Waals surface area contributed by atoms with Crippen LogP contribution in [0, 0.1) is 19.7 Å². The van der Waals surface area contributed by atoms with E-state index in [-0.39, 0.29) is 18.2 Å². The summed E-state index contributed by atoms with van der Waals surface area (Å²) < 4.78 is 15.2. The fourth-order valence-corrected chi connectivity index (χ4v) is 2.85. The highest BCUT2D eigenvalue weighted by Gasteiger charge is 2.30. The molecule has 7 nitrogen and oxygen atoms in total. The van der Waals surface area contributed by atoms with Crippen molar-refractivity contribution in [3.05, 3.63) is 41.2 Å². The van der Waals surface area contributed by atoms with Gasteiger partial charge in [-0.15, -0.1) is 0 Å². The second kappa shape index (κ2) is 6.38. The highest BCUT2D eigenvalue weighted by molar-refractivity contribution is 6.01. The second-order valence-corrected chi connectivity index (χ2v) is 5.76.